The molecule has 18 heavy (non-hydrogen) atoms. The summed E-state index contributed by atoms with van der Waals surface area (Å²) in [5.41, 5.74) is 2.16. The number of rotatable bonds is 5. The van der Waals surface area contributed by atoms with Gasteiger partial charge >= 0.3 is 0 Å². The third-order valence-corrected chi connectivity index (χ3v) is 2.40. The van der Waals surface area contributed by atoms with Crippen LogP contribution in [0.2, 0.25) is 0 Å². The highest BCUT2D eigenvalue weighted by atomic mass is 15.2. The molecule has 0 spiro atoms. The van der Waals surface area contributed by atoms with E-state index in [0.717, 1.165) is 30.2 Å². The summed E-state index contributed by atoms with van der Waals surface area (Å²) in [6.07, 6.45) is 0. The van der Waals surface area contributed by atoms with Crippen LogP contribution in [-0.4, -0.2) is 29.3 Å². The minimum atomic E-state index is 0.0943. The molecular weight excluding hydrogens is 224 g/mol. The number of anilines is 1. The topological polar surface area (TPSA) is 41.0 Å². The molecule has 0 saturated heterocycles. The van der Waals surface area contributed by atoms with Gasteiger partial charge in [0.2, 0.25) is 0 Å². The maximum atomic E-state index is 4.23. The Bertz CT molecular complexity index is 389. The van der Waals surface area contributed by atoms with Crippen LogP contribution in [-0.2, 0) is 6.54 Å². The second-order valence-electron chi connectivity index (χ2n) is 5.80. The van der Waals surface area contributed by atoms with Crippen molar-refractivity contribution in [3.05, 3.63) is 30.0 Å². The Labute approximate surface area is 110 Å². The van der Waals surface area contributed by atoms with Gasteiger partial charge in [0.25, 0.3) is 0 Å². The van der Waals surface area contributed by atoms with E-state index in [1.54, 1.807) is 0 Å². The normalized spacial score (nSPS) is 11.4. The van der Waals surface area contributed by atoms with Gasteiger partial charge in [0, 0.05) is 25.7 Å². The van der Waals surface area contributed by atoms with Gasteiger partial charge in [-0.25, -0.2) is 0 Å². The molecule has 0 amide bonds. The van der Waals surface area contributed by atoms with Crippen molar-refractivity contribution in [3.63, 3.8) is 0 Å². The zero-order chi connectivity index (χ0) is 13.8. The molecule has 0 aliphatic heterocycles. The van der Waals surface area contributed by atoms with E-state index in [1.165, 1.54) is 0 Å². The molecule has 1 heterocycles. The molecule has 0 atom stereocenters. The first-order valence-electron chi connectivity index (χ1n) is 6.21. The van der Waals surface area contributed by atoms with Gasteiger partial charge in [0.15, 0.2) is 5.82 Å². The number of hydrogen-bond donors (Lipinski definition) is 1. The number of likely N-dealkylation sites (N-methyl/N-ethyl adjacent to an activating group) is 1. The summed E-state index contributed by atoms with van der Waals surface area (Å²) in [7, 11) is 1.99. The molecule has 4 heteroatoms. The van der Waals surface area contributed by atoms with Crippen molar-refractivity contribution in [1.29, 1.82) is 0 Å². The molecule has 0 saturated carbocycles. The fourth-order valence-electron chi connectivity index (χ4n) is 1.49. The zero-order valence-corrected chi connectivity index (χ0v) is 12.1. The zero-order valence-electron chi connectivity index (χ0n) is 12.1. The molecule has 0 unspecified atom stereocenters. The van der Waals surface area contributed by atoms with Gasteiger partial charge in [-0.3, -0.25) is 0 Å². The number of aromatic nitrogens is 2. The summed E-state index contributed by atoms with van der Waals surface area (Å²) < 4.78 is 0. The Morgan fingerprint density at radius 1 is 1.33 bits per heavy atom. The molecular formula is C14H24N4. The van der Waals surface area contributed by atoms with Gasteiger partial charge in [-0.05, 0) is 39.8 Å². The monoisotopic (exact) mass is 248 g/mol. The average Bonchev–Trinajstić information content (AvgIpc) is 2.25. The second-order valence-corrected chi connectivity index (χ2v) is 5.80. The summed E-state index contributed by atoms with van der Waals surface area (Å²) in [6, 6.07) is 4.01. The Kier molecular flexibility index (Phi) is 4.84. The molecule has 1 aromatic rings. The predicted molar refractivity (Wildman–Crippen MR) is 76.7 cm³/mol. The first-order valence-corrected chi connectivity index (χ1v) is 6.21. The molecule has 0 fully saturated rings. The van der Waals surface area contributed by atoms with Crippen molar-refractivity contribution in [3.8, 4) is 0 Å². The Morgan fingerprint density at radius 3 is 2.44 bits per heavy atom. The van der Waals surface area contributed by atoms with Crippen molar-refractivity contribution in [2.24, 2.45) is 0 Å². The fourth-order valence-corrected chi connectivity index (χ4v) is 1.49. The van der Waals surface area contributed by atoms with Crippen molar-refractivity contribution >= 4 is 5.82 Å². The first-order chi connectivity index (χ1) is 8.28. The molecule has 0 aliphatic carbocycles. The number of nitrogens with one attached hydrogen (secondary N) is 1. The van der Waals surface area contributed by atoms with Crippen LogP contribution in [0.1, 0.15) is 33.4 Å². The van der Waals surface area contributed by atoms with Crippen LogP contribution >= 0.6 is 0 Å². The number of hydrogen-bond acceptors (Lipinski definition) is 4. The highest BCUT2D eigenvalue weighted by Gasteiger charge is 2.09. The van der Waals surface area contributed by atoms with Crippen molar-refractivity contribution < 1.29 is 0 Å². The van der Waals surface area contributed by atoms with Crippen LogP contribution in [0.5, 0.6) is 0 Å². The van der Waals surface area contributed by atoms with Gasteiger partial charge in [0.1, 0.15) is 0 Å². The molecule has 0 bridgehead atoms. The van der Waals surface area contributed by atoms with Crippen LogP contribution < -0.4 is 10.2 Å². The van der Waals surface area contributed by atoms with E-state index in [9.17, 15) is 0 Å². The SMILES string of the molecule is C=C(C)CN(C)c1ccc(CNC(C)(C)C)nn1. The van der Waals surface area contributed by atoms with E-state index in [2.05, 4.69) is 42.9 Å². The predicted octanol–water partition coefficient (Wildman–Crippen LogP) is 2.38. The molecule has 4 nitrogen and oxygen atoms in total. The third kappa shape index (κ3) is 5.27. The van der Waals surface area contributed by atoms with Gasteiger partial charge in [-0.1, -0.05) is 12.2 Å². The molecule has 1 aromatic heterocycles. The van der Waals surface area contributed by atoms with Crippen molar-refractivity contribution in [2.45, 2.75) is 39.8 Å². The smallest absolute Gasteiger partial charge is 0.151 e. The largest absolute Gasteiger partial charge is 0.354 e. The molecule has 0 aliphatic rings. The lowest BCUT2D eigenvalue weighted by Crippen LogP contribution is -2.35. The molecule has 1 N–H and O–H groups in total. The van der Waals surface area contributed by atoms with Gasteiger partial charge in [-0.15, -0.1) is 5.10 Å². The van der Waals surface area contributed by atoms with Crippen LogP contribution in [0, 0.1) is 0 Å². The maximum absolute atomic E-state index is 4.23. The van der Waals surface area contributed by atoms with E-state index in [-0.39, 0.29) is 5.54 Å². The van der Waals surface area contributed by atoms with E-state index >= 15 is 0 Å². The lowest BCUT2D eigenvalue weighted by atomic mass is 10.1. The van der Waals surface area contributed by atoms with Gasteiger partial charge in [-0.2, -0.15) is 5.10 Å². The molecule has 1 rings (SSSR count). The van der Waals surface area contributed by atoms with Gasteiger partial charge < -0.3 is 10.2 Å². The minimum absolute atomic E-state index is 0.0943. The average molecular weight is 248 g/mol. The van der Waals surface area contributed by atoms with E-state index in [0.29, 0.717) is 0 Å². The summed E-state index contributed by atoms with van der Waals surface area (Å²) in [4.78, 5) is 2.04. The van der Waals surface area contributed by atoms with Crippen LogP contribution in [0.25, 0.3) is 0 Å². The lowest BCUT2D eigenvalue weighted by molar-refractivity contribution is 0.420. The highest BCUT2D eigenvalue weighted by Crippen LogP contribution is 2.09. The van der Waals surface area contributed by atoms with Crippen LogP contribution in [0.3, 0.4) is 0 Å². The van der Waals surface area contributed by atoms with Gasteiger partial charge in [0.05, 0.1) is 5.69 Å². The van der Waals surface area contributed by atoms with E-state index < -0.39 is 0 Å². The first kappa shape index (κ1) is 14.6. The summed E-state index contributed by atoms with van der Waals surface area (Å²) in [5.74, 6) is 0.873. The maximum Gasteiger partial charge on any atom is 0.151 e. The highest BCUT2D eigenvalue weighted by molar-refractivity contribution is 5.37. The number of nitrogens with zero attached hydrogens (tertiary/aromatic N) is 3. The minimum Gasteiger partial charge on any atom is -0.354 e. The van der Waals surface area contributed by atoms with E-state index in [1.807, 2.05) is 31.0 Å². The standard InChI is InChI=1S/C14H24N4/c1-11(2)10-18(6)13-8-7-12(16-17-13)9-15-14(3,4)5/h7-8,15H,1,9-10H2,2-6H3. The Hall–Kier alpha value is -1.42. The molecule has 0 radical (unpaired) electrons. The second kappa shape index (κ2) is 5.96. The third-order valence-electron chi connectivity index (χ3n) is 2.40. The Morgan fingerprint density at radius 2 is 2.00 bits per heavy atom. The molecule has 0 aromatic carbocycles. The fraction of sp³-hybridized carbons (Fsp3) is 0.571. The summed E-state index contributed by atoms with van der Waals surface area (Å²) in [5, 5.41) is 11.8. The lowest BCUT2D eigenvalue weighted by Gasteiger charge is -2.20. The molecule has 100 valence electrons. The van der Waals surface area contributed by atoms with Crippen LogP contribution in [0.15, 0.2) is 24.3 Å². The summed E-state index contributed by atoms with van der Waals surface area (Å²) in [6.45, 7) is 13.8. The van der Waals surface area contributed by atoms with Crippen molar-refractivity contribution in [2.75, 3.05) is 18.5 Å². The van der Waals surface area contributed by atoms with Crippen LogP contribution in [0.4, 0.5) is 5.82 Å². The summed E-state index contributed by atoms with van der Waals surface area (Å²) >= 11 is 0. The Balaban J connectivity index is 2.60. The van der Waals surface area contributed by atoms with E-state index in [4.69, 9.17) is 0 Å². The quantitative estimate of drug-likeness (QED) is 0.812. The van der Waals surface area contributed by atoms with Crippen molar-refractivity contribution in [1.82, 2.24) is 15.5 Å².